The second kappa shape index (κ2) is 4.88. The van der Waals surface area contributed by atoms with Crippen molar-refractivity contribution in [2.24, 2.45) is 5.73 Å². The predicted octanol–water partition coefficient (Wildman–Crippen LogP) is 3.07. The van der Waals surface area contributed by atoms with Crippen LogP contribution in [0.3, 0.4) is 0 Å². The van der Waals surface area contributed by atoms with Crippen LogP contribution in [-0.2, 0) is 6.42 Å². The molecule has 0 fully saturated rings. The molecule has 0 saturated heterocycles. The summed E-state index contributed by atoms with van der Waals surface area (Å²) in [5.74, 6) is 0. The van der Waals surface area contributed by atoms with Gasteiger partial charge in [0.25, 0.3) is 0 Å². The number of aromatic nitrogens is 1. The van der Waals surface area contributed by atoms with E-state index in [9.17, 15) is 0 Å². The highest BCUT2D eigenvalue weighted by molar-refractivity contribution is 9.10. The summed E-state index contributed by atoms with van der Waals surface area (Å²) in [6, 6.07) is 8.25. The average molecular weight is 283 g/mol. The van der Waals surface area contributed by atoms with Crippen molar-refractivity contribution in [2.75, 3.05) is 6.54 Å². The van der Waals surface area contributed by atoms with Crippen LogP contribution >= 0.6 is 27.3 Å². The van der Waals surface area contributed by atoms with Crippen LogP contribution in [0.2, 0.25) is 0 Å². The van der Waals surface area contributed by atoms with Crippen molar-refractivity contribution in [3.05, 3.63) is 39.9 Å². The molecule has 0 unspecified atom stereocenters. The van der Waals surface area contributed by atoms with E-state index in [-0.39, 0.29) is 0 Å². The standard InChI is InChI=1S/C11H11BrN2S/c12-9-3-1-2-8(6-9)11-10(4-5-13)14-7-15-11/h1-3,6-7H,4-5,13H2. The summed E-state index contributed by atoms with van der Waals surface area (Å²) in [4.78, 5) is 5.56. The van der Waals surface area contributed by atoms with Gasteiger partial charge in [-0.2, -0.15) is 0 Å². The monoisotopic (exact) mass is 282 g/mol. The molecule has 2 N–H and O–H groups in total. The molecule has 1 aromatic heterocycles. The van der Waals surface area contributed by atoms with Crippen LogP contribution < -0.4 is 5.73 Å². The molecule has 0 radical (unpaired) electrons. The molecule has 0 amide bonds. The van der Waals surface area contributed by atoms with E-state index in [0.717, 1.165) is 16.6 Å². The van der Waals surface area contributed by atoms with Crippen molar-refractivity contribution in [3.8, 4) is 10.4 Å². The normalized spacial score (nSPS) is 10.5. The molecule has 2 aromatic rings. The summed E-state index contributed by atoms with van der Waals surface area (Å²) in [6.07, 6.45) is 0.839. The van der Waals surface area contributed by atoms with E-state index < -0.39 is 0 Å². The smallest absolute Gasteiger partial charge is 0.0801 e. The molecule has 78 valence electrons. The van der Waals surface area contributed by atoms with E-state index in [1.165, 1.54) is 10.4 Å². The molecule has 0 aliphatic rings. The van der Waals surface area contributed by atoms with Crippen molar-refractivity contribution >= 4 is 27.3 Å². The minimum Gasteiger partial charge on any atom is -0.330 e. The summed E-state index contributed by atoms with van der Waals surface area (Å²) in [5, 5.41) is 0. The number of benzene rings is 1. The van der Waals surface area contributed by atoms with Crippen molar-refractivity contribution < 1.29 is 0 Å². The number of hydrogen-bond acceptors (Lipinski definition) is 3. The van der Waals surface area contributed by atoms with Crippen molar-refractivity contribution in [2.45, 2.75) is 6.42 Å². The summed E-state index contributed by atoms with van der Waals surface area (Å²) in [7, 11) is 0. The molecule has 0 spiro atoms. The molecular weight excluding hydrogens is 272 g/mol. The Bertz CT molecular complexity index is 453. The highest BCUT2D eigenvalue weighted by Gasteiger charge is 2.07. The van der Waals surface area contributed by atoms with Crippen molar-refractivity contribution in [1.82, 2.24) is 4.98 Å². The third-order valence-corrected chi connectivity index (χ3v) is 3.52. The second-order valence-electron chi connectivity index (χ2n) is 3.18. The highest BCUT2D eigenvalue weighted by Crippen LogP contribution is 2.29. The molecule has 0 saturated carbocycles. The van der Waals surface area contributed by atoms with E-state index in [2.05, 4.69) is 33.0 Å². The van der Waals surface area contributed by atoms with Crippen molar-refractivity contribution in [3.63, 3.8) is 0 Å². The first-order chi connectivity index (χ1) is 7.31. The lowest BCUT2D eigenvalue weighted by atomic mass is 10.1. The fraction of sp³-hybridized carbons (Fsp3) is 0.182. The van der Waals surface area contributed by atoms with Gasteiger partial charge >= 0.3 is 0 Å². The van der Waals surface area contributed by atoms with Crippen LogP contribution in [0, 0.1) is 0 Å². The quantitative estimate of drug-likeness (QED) is 0.940. The van der Waals surface area contributed by atoms with Crippen LogP contribution in [-0.4, -0.2) is 11.5 Å². The zero-order chi connectivity index (χ0) is 10.7. The number of hydrogen-bond donors (Lipinski definition) is 1. The van der Waals surface area contributed by atoms with E-state index in [0.29, 0.717) is 6.54 Å². The number of nitrogens with zero attached hydrogens (tertiary/aromatic N) is 1. The lowest BCUT2D eigenvalue weighted by Crippen LogP contribution is -2.03. The summed E-state index contributed by atoms with van der Waals surface area (Å²) in [5.41, 5.74) is 9.73. The van der Waals surface area contributed by atoms with Gasteiger partial charge in [-0.1, -0.05) is 28.1 Å². The first kappa shape index (κ1) is 10.8. The topological polar surface area (TPSA) is 38.9 Å². The Balaban J connectivity index is 2.40. The maximum atomic E-state index is 5.55. The van der Waals surface area contributed by atoms with Gasteiger partial charge in [-0.25, -0.2) is 4.98 Å². The zero-order valence-corrected chi connectivity index (χ0v) is 10.5. The number of rotatable bonds is 3. The van der Waals surface area contributed by atoms with Gasteiger partial charge in [-0.3, -0.25) is 0 Å². The van der Waals surface area contributed by atoms with Crippen LogP contribution in [0.5, 0.6) is 0 Å². The molecule has 0 atom stereocenters. The van der Waals surface area contributed by atoms with Gasteiger partial charge < -0.3 is 5.73 Å². The minimum absolute atomic E-state index is 0.644. The number of halogens is 1. The van der Waals surface area contributed by atoms with Gasteiger partial charge in [0.2, 0.25) is 0 Å². The summed E-state index contributed by atoms with van der Waals surface area (Å²) in [6.45, 7) is 0.644. The van der Waals surface area contributed by atoms with Crippen LogP contribution in [0.4, 0.5) is 0 Å². The third kappa shape index (κ3) is 2.45. The lowest BCUT2D eigenvalue weighted by Gasteiger charge is -2.01. The minimum atomic E-state index is 0.644. The first-order valence-corrected chi connectivity index (χ1v) is 6.37. The molecule has 1 heterocycles. The Labute approximate surface area is 101 Å². The average Bonchev–Trinajstić information content (AvgIpc) is 2.66. The van der Waals surface area contributed by atoms with Gasteiger partial charge in [0, 0.05) is 10.9 Å². The Morgan fingerprint density at radius 3 is 3.00 bits per heavy atom. The molecular formula is C11H11BrN2S. The zero-order valence-electron chi connectivity index (χ0n) is 8.11. The van der Waals surface area contributed by atoms with E-state index in [1.54, 1.807) is 11.3 Å². The van der Waals surface area contributed by atoms with E-state index in [4.69, 9.17) is 5.73 Å². The molecule has 15 heavy (non-hydrogen) atoms. The maximum absolute atomic E-state index is 5.55. The van der Waals surface area contributed by atoms with Gasteiger partial charge in [0.1, 0.15) is 0 Å². The molecule has 1 aromatic carbocycles. The van der Waals surface area contributed by atoms with Gasteiger partial charge in [0.15, 0.2) is 0 Å². The molecule has 0 aliphatic carbocycles. The Morgan fingerprint density at radius 2 is 2.27 bits per heavy atom. The number of nitrogens with two attached hydrogens (primary N) is 1. The molecule has 0 aliphatic heterocycles. The molecule has 2 rings (SSSR count). The summed E-state index contributed by atoms with van der Waals surface area (Å²) >= 11 is 5.13. The van der Waals surface area contributed by atoms with E-state index in [1.807, 2.05) is 17.6 Å². The molecule has 0 bridgehead atoms. The largest absolute Gasteiger partial charge is 0.330 e. The van der Waals surface area contributed by atoms with Crippen LogP contribution in [0.15, 0.2) is 34.2 Å². The molecule has 4 heteroatoms. The Kier molecular flexibility index (Phi) is 3.51. The second-order valence-corrected chi connectivity index (χ2v) is 4.95. The van der Waals surface area contributed by atoms with Gasteiger partial charge in [-0.15, -0.1) is 11.3 Å². The maximum Gasteiger partial charge on any atom is 0.0801 e. The predicted molar refractivity (Wildman–Crippen MR) is 68.0 cm³/mol. The van der Waals surface area contributed by atoms with Crippen LogP contribution in [0.1, 0.15) is 5.69 Å². The first-order valence-electron chi connectivity index (χ1n) is 4.69. The highest BCUT2D eigenvalue weighted by atomic mass is 79.9. The fourth-order valence-corrected chi connectivity index (χ4v) is 2.69. The van der Waals surface area contributed by atoms with Crippen molar-refractivity contribution in [1.29, 1.82) is 0 Å². The Morgan fingerprint density at radius 1 is 1.40 bits per heavy atom. The lowest BCUT2D eigenvalue weighted by molar-refractivity contribution is 0.937. The number of thiazole rings is 1. The SMILES string of the molecule is NCCc1ncsc1-c1cccc(Br)c1. The molecule has 2 nitrogen and oxygen atoms in total. The summed E-state index contributed by atoms with van der Waals surface area (Å²) < 4.78 is 1.09. The van der Waals surface area contributed by atoms with Crippen LogP contribution in [0.25, 0.3) is 10.4 Å². The van der Waals surface area contributed by atoms with Gasteiger partial charge in [0.05, 0.1) is 16.1 Å². The fourth-order valence-electron chi connectivity index (χ4n) is 1.45. The third-order valence-electron chi connectivity index (χ3n) is 2.11. The van der Waals surface area contributed by atoms with E-state index >= 15 is 0 Å². The Hall–Kier alpha value is -0.710. The van der Waals surface area contributed by atoms with Gasteiger partial charge in [-0.05, 0) is 24.2 Å².